The molecule has 0 saturated carbocycles. The summed E-state index contributed by atoms with van der Waals surface area (Å²) in [4.78, 5) is 12.3. The number of aromatic nitrogens is 1. The van der Waals surface area contributed by atoms with Crippen LogP contribution in [0, 0.1) is 0 Å². The van der Waals surface area contributed by atoms with Crippen molar-refractivity contribution < 1.29 is 14.3 Å². The van der Waals surface area contributed by atoms with Crippen LogP contribution in [0.25, 0.3) is 10.9 Å². The first kappa shape index (κ1) is 15.7. The van der Waals surface area contributed by atoms with Gasteiger partial charge in [0.25, 0.3) is 0 Å². The zero-order valence-corrected chi connectivity index (χ0v) is 13.8. The molecule has 0 aliphatic carbocycles. The van der Waals surface area contributed by atoms with Gasteiger partial charge in [-0.3, -0.25) is 0 Å². The van der Waals surface area contributed by atoms with Crippen LogP contribution in [0.2, 0.25) is 0 Å². The molecule has 0 bridgehead atoms. The summed E-state index contributed by atoms with van der Waals surface area (Å²) in [6, 6.07) is 12.8. The van der Waals surface area contributed by atoms with E-state index < -0.39 is 0 Å². The predicted octanol–water partition coefficient (Wildman–Crippen LogP) is 3.84. The molecule has 0 fully saturated rings. The van der Waals surface area contributed by atoms with Crippen LogP contribution >= 0.6 is 0 Å². The summed E-state index contributed by atoms with van der Waals surface area (Å²) in [7, 11) is 5.07. The number of carbonyl (C=O) groups is 1. The fraction of sp³-hybridized carbons (Fsp3) is 0.167. The predicted molar refractivity (Wildman–Crippen MR) is 95.1 cm³/mol. The maximum Gasteiger partial charge on any atom is 0.323 e. The highest BCUT2D eigenvalue weighted by atomic mass is 16.5. The fourth-order valence-electron chi connectivity index (χ4n) is 2.62. The van der Waals surface area contributed by atoms with Crippen LogP contribution in [-0.4, -0.2) is 24.8 Å². The number of hydrogen-bond donors (Lipinski definition) is 2. The van der Waals surface area contributed by atoms with Crippen molar-refractivity contribution in [1.29, 1.82) is 0 Å². The molecule has 24 heavy (non-hydrogen) atoms. The van der Waals surface area contributed by atoms with Crippen molar-refractivity contribution in [1.82, 2.24) is 4.57 Å². The molecule has 0 saturated heterocycles. The third kappa shape index (κ3) is 2.99. The number of methoxy groups -OCH3 is 2. The van der Waals surface area contributed by atoms with Gasteiger partial charge in [0, 0.05) is 30.2 Å². The van der Waals surface area contributed by atoms with Crippen LogP contribution in [-0.2, 0) is 7.05 Å². The van der Waals surface area contributed by atoms with Crippen molar-refractivity contribution in [3.05, 3.63) is 48.7 Å². The van der Waals surface area contributed by atoms with E-state index >= 15 is 0 Å². The zero-order chi connectivity index (χ0) is 17.1. The number of aryl methyl sites for hydroxylation is 1. The number of ether oxygens (including phenoxy) is 2. The van der Waals surface area contributed by atoms with Gasteiger partial charge in [-0.25, -0.2) is 4.79 Å². The number of fused-ring (bicyclic) bond motifs is 1. The van der Waals surface area contributed by atoms with Gasteiger partial charge in [0.2, 0.25) is 0 Å². The Morgan fingerprint density at radius 2 is 1.75 bits per heavy atom. The summed E-state index contributed by atoms with van der Waals surface area (Å²) in [6.07, 6.45) is 1.88. The van der Waals surface area contributed by atoms with Gasteiger partial charge in [-0.15, -0.1) is 0 Å². The average molecular weight is 325 g/mol. The molecule has 0 atom stereocenters. The molecule has 2 amide bonds. The second-order valence-corrected chi connectivity index (χ2v) is 5.32. The quantitative estimate of drug-likeness (QED) is 0.766. The Morgan fingerprint density at radius 1 is 1.00 bits per heavy atom. The molecule has 0 aliphatic rings. The lowest BCUT2D eigenvalue weighted by molar-refractivity contribution is 0.262. The molecule has 1 heterocycles. The second-order valence-electron chi connectivity index (χ2n) is 5.32. The Kier molecular flexibility index (Phi) is 4.29. The molecular weight excluding hydrogens is 306 g/mol. The summed E-state index contributed by atoms with van der Waals surface area (Å²) in [5.41, 5.74) is 2.36. The van der Waals surface area contributed by atoms with Gasteiger partial charge in [-0.1, -0.05) is 18.2 Å². The smallest absolute Gasteiger partial charge is 0.323 e. The van der Waals surface area contributed by atoms with Gasteiger partial charge in [0.15, 0.2) is 0 Å². The van der Waals surface area contributed by atoms with E-state index in [1.54, 1.807) is 32.4 Å². The van der Waals surface area contributed by atoms with Crippen molar-refractivity contribution in [2.24, 2.45) is 7.05 Å². The lowest BCUT2D eigenvalue weighted by Gasteiger charge is -2.12. The number of carbonyl (C=O) groups excluding carboxylic acids is 1. The number of benzene rings is 2. The Labute approximate surface area is 140 Å². The summed E-state index contributed by atoms with van der Waals surface area (Å²) in [6.45, 7) is 0. The van der Waals surface area contributed by atoms with Gasteiger partial charge in [-0.05, 0) is 18.2 Å². The van der Waals surface area contributed by atoms with E-state index in [1.807, 2.05) is 42.1 Å². The fourth-order valence-corrected chi connectivity index (χ4v) is 2.62. The van der Waals surface area contributed by atoms with Crippen LogP contribution in [0.4, 0.5) is 16.2 Å². The first-order chi connectivity index (χ1) is 11.6. The molecule has 6 nitrogen and oxygen atoms in total. The summed E-state index contributed by atoms with van der Waals surface area (Å²) < 4.78 is 12.4. The third-order valence-corrected chi connectivity index (χ3v) is 3.80. The highest BCUT2D eigenvalue weighted by Crippen LogP contribution is 2.30. The number of nitrogens with zero attached hydrogens (tertiary/aromatic N) is 1. The van der Waals surface area contributed by atoms with Crippen LogP contribution < -0.4 is 20.1 Å². The van der Waals surface area contributed by atoms with Crippen molar-refractivity contribution in [2.75, 3.05) is 24.9 Å². The van der Waals surface area contributed by atoms with Gasteiger partial charge in [0.1, 0.15) is 11.5 Å². The molecule has 0 spiro atoms. The van der Waals surface area contributed by atoms with E-state index in [0.29, 0.717) is 17.2 Å². The van der Waals surface area contributed by atoms with Crippen molar-refractivity contribution in [2.45, 2.75) is 0 Å². The van der Waals surface area contributed by atoms with Crippen LogP contribution in [0.15, 0.2) is 48.7 Å². The summed E-state index contributed by atoms with van der Waals surface area (Å²) >= 11 is 0. The lowest BCUT2D eigenvalue weighted by atomic mass is 10.2. The highest BCUT2D eigenvalue weighted by molar-refractivity contribution is 6.06. The van der Waals surface area contributed by atoms with E-state index in [4.69, 9.17) is 9.47 Å². The Hall–Kier alpha value is -3.15. The normalized spacial score (nSPS) is 10.5. The topological polar surface area (TPSA) is 64.5 Å². The van der Waals surface area contributed by atoms with Gasteiger partial charge in [-0.2, -0.15) is 0 Å². The minimum Gasteiger partial charge on any atom is -0.497 e. The molecule has 2 N–H and O–H groups in total. The lowest BCUT2D eigenvalue weighted by Crippen LogP contribution is -2.19. The van der Waals surface area contributed by atoms with E-state index in [9.17, 15) is 4.79 Å². The van der Waals surface area contributed by atoms with E-state index in [2.05, 4.69) is 10.6 Å². The molecule has 0 aliphatic heterocycles. The molecule has 0 radical (unpaired) electrons. The number of para-hydroxylation sites is 1. The number of hydrogen-bond acceptors (Lipinski definition) is 3. The molecule has 124 valence electrons. The van der Waals surface area contributed by atoms with Crippen molar-refractivity contribution >= 4 is 28.3 Å². The van der Waals surface area contributed by atoms with Crippen LogP contribution in [0.5, 0.6) is 11.5 Å². The summed E-state index contributed by atoms with van der Waals surface area (Å²) in [5.74, 6) is 1.19. The molecule has 3 rings (SSSR count). The second kappa shape index (κ2) is 6.54. The minimum atomic E-state index is -0.338. The molecular formula is C18H19N3O3. The van der Waals surface area contributed by atoms with Gasteiger partial charge < -0.3 is 24.7 Å². The molecule has 6 heteroatoms. The monoisotopic (exact) mass is 325 g/mol. The SMILES string of the molecule is COc1ccc(NC(=O)Nc2cn(C)c3ccccc23)c(OC)c1. The number of urea groups is 1. The highest BCUT2D eigenvalue weighted by Gasteiger charge is 2.12. The molecule has 3 aromatic rings. The maximum absolute atomic E-state index is 12.3. The first-order valence-corrected chi connectivity index (χ1v) is 7.46. The number of nitrogens with one attached hydrogen (secondary N) is 2. The van der Waals surface area contributed by atoms with Gasteiger partial charge >= 0.3 is 6.03 Å². The first-order valence-electron chi connectivity index (χ1n) is 7.46. The Balaban J connectivity index is 1.80. The maximum atomic E-state index is 12.3. The standard InChI is InChI=1S/C18H19N3O3/c1-21-11-15(13-6-4-5-7-16(13)21)20-18(22)19-14-9-8-12(23-2)10-17(14)24-3/h4-11H,1-3H3,(H2,19,20,22). The van der Waals surface area contributed by atoms with E-state index in [1.165, 1.54) is 0 Å². The van der Waals surface area contributed by atoms with E-state index in [0.717, 1.165) is 16.6 Å². The van der Waals surface area contributed by atoms with Crippen LogP contribution in [0.3, 0.4) is 0 Å². The molecule has 1 aromatic heterocycles. The number of rotatable bonds is 4. The molecule has 0 unspecified atom stereocenters. The van der Waals surface area contributed by atoms with Crippen molar-refractivity contribution in [3.8, 4) is 11.5 Å². The van der Waals surface area contributed by atoms with Gasteiger partial charge in [0.05, 0.1) is 25.6 Å². The average Bonchev–Trinajstić information content (AvgIpc) is 2.91. The van der Waals surface area contributed by atoms with E-state index in [-0.39, 0.29) is 6.03 Å². The largest absolute Gasteiger partial charge is 0.497 e. The van der Waals surface area contributed by atoms with Crippen molar-refractivity contribution in [3.63, 3.8) is 0 Å². The van der Waals surface area contributed by atoms with Crippen LogP contribution in [0.1, 0.15) is 0 Å². The number of amides is 2. The minimum absolute atomic E-state index is 0.338. The Morgan fingerprint density at radius 3 is 2.50 bits per heavy atom. The zero-order valence-electron chi connectivity index (χ0n) is 13.8. The third-order valence-electron chi connectivity index (χ3n) is 3.80. The molecule has 2 aromatic carbocycles. The Bertz CT molecular complexity index is 886. The number of anilines is 2. The summed E-state index contributed by atoms with van der Waals surface area (Å²) in [5, 5.41) is 6.65.